The summed E-state index contributed by atoms with van der Waals surface area (Å²) in [5.74, 6) is 0.407. The van der Waals surface area contributed by atoms with E-state index in [2.05, 4.69) is 0 Å². The van der Waals surface area contributed by atoms with Gasteiger partial charge in [0.05, 0.1) is 10.6 Å². The lowest BCUT2D eigenvalue weighted by Gasteiger charge is -2.10. The molecule has 0 amide bonds. The quantitative estimate of drug-likeness (QED) is 0.777. The van der Waals surface area contributed by atoms with Gasteiger partial charge in [-0.25, -0.2) is 0 Å². The molecule has 4 heteroatoms. The molecule has 18 heavy (non-hydrogen) atoms. The van der Waals surface area contributed by atoms with Crippen LogP contribution in [0.25, 0.3) is 0 Å². The maximum atomic E-state index is 10.9. The van der Waals surface area contributed by atoms with E-state index in [0.717, 1.165) is 11.8 Å². The Morgan fingerprint density at radius 3 is 2.44 bits per heavy atom. The monoisotopic (exact) mass is 280 g/mol. The zero-order valence-electron chi connectivity index (χ0n) is 9.40. The Kier molecular flexibility index (Phi) is 4.24. The van der Waals surface area contributed by atoms with Gasteiger partial charge >= 0.3 is 0 Å². The van der Waals surface area contributed by atoms with Crippen LogP contribution in [-0.2, 0) is 6.61 Å². The summed E-state index contributed by atoms with van der Waals surface area (Å²) >= 11 is 11.8. The molecule has 0 spiro atoms. The highest BCUT2D eigenvalue weighted by molar-refractivity contribution is 6.32. The van der Waals surface area contributed by atoms with E-state index in [9.17, 15) is 4.79 Å². The van der Waals surface area contributed by atoms with Gasteiger partial charge in [-0.3, -0.25) is 4.79 Å². The third-order valence-corrected chi connectivity index (χ3v) is 2.97. The fourth-order valence-corrected chi connectivity index (χ4v) is 1.87. The third-order valence-electron chi connectivity index (χ3n) is 2.42. The van der Waals surface area contributed by atoms with Crippen LogP contribution >= 0.6 is 23.2 Å². The number of hydrogen-bond donors (Lipinski definition) is 0. The van der Waals surface area contributed by atoms with Gasteiger partial charge in [-0.05, 0) is 29.8 Å². The van der Waals surface area contributed by atoms with Gasteiger partial charge in [-0.15, -0.1) is 0 Å². The van der Waals surface area contributed by atoms with E-state index >= 15 is 0 Å². The highest BCUT2D eigenvalue weighted by Gasteiger charge is 2.07. The molecular formula is C14H10Cl2O2. The number of halogens is 2. The van der Waals surface area contributed by atoms with Crippen molar-refractivity contribution in [2.45, 2.75) is 6.61 Å². The molecule has 0 radical (unpaired) electrons. The number of carbonyl (C=O) groups excluding carboxylic acids is 1. The van der Waals surface area contributed by atoms with E-state index in [4.69, 9.17) is 27.9 Å². The Labute approximate surface area is 115 Å². The second-order valence-electron chi connectivity index (χ2n) is 3.69. The number of carbonyl (C=O) groups is 1. The van der Waals surface area contributed by atoms with Crippen LogP contribution in [0, 0.1) is 0 Å². The predicted molar refractivity (Wildman–Crippen MR) is 72.6 cm³/mol. The first-order valence-electron chi connectivity index (χ1n) is 5.31. The molecule has 0 atom stereocenters. The number of aldehydes is 1. The molecule has 2 aromatic carbocycles. The Morgan fingerprint density at radius 1 is 1.06 bits per heavy atom. The van der Waals surface area contributed by atoms with Crippen LogP contribution in [0.4, 0.5) is 0 Å². The molecule has 0 aliphatic heterocycles. The Morgan fingerprint density at radius 2 is 1.78 bits per heavy atom. The van der Waals surface area contributed by atoms with Gasteiger partial charge in [-0.2, -0.15) is 0 Å². The van der Waals surface area contributed by atoms with Gasteiger partial charge in [0.2, 0.25) is 0 Å². The topological polar surface area (TPSA) is 26.3 Å². The SMILES string of the molecule is O=Cc1cccc(Cl)c1OCc1ccc(Cl)cc1. The van der Waals surface area contributed by atoms with E-state index in [1.807, 2.05) is 12.1 Å². The van der Waals surface area contributed by atoms with Crippen molar-refractivity contribution in [3.05, 3.63) is 63.6 Å². The standard InChI is InChI=1S/C14H10Cl2O2/c15-12-6-4-10(5-7-12)9-18-14-11(8-17)2-1-3-13(14)16/h1-8H,9H2. The molecule has 92 valence electrons. The van der Waals surface area contributed by atoms with Crippen LogP contribution in [0.1, 0.15) is 15.9 Å². The Bertz CT molecular complexity index is 550. The minimum absolute atomic E-state index is 0.335. The summed E-state index contributed by atoms with van der Waals surface area (Å²) in [7, 11) is 0. The average Bonchev–Trinajstić information content (AvgIpc) is 2.39. The smallest absolute Gasteiger partial charge is 0.153 e. The lowest BCUT2D eigenvalue weighted by molar-refractivity contribution is 0.111. The van der Waals surface area contributed by atoms with E-state index in [-0.39, 0.29) is 0 Å². The van der Waals surface area contributed by atoms with Gasteiger partial charge in [0, 0.05) is 5.02 Å². The van der Waals surface area contributed by atoms with Gasteiger partial charge in [0.25, 0.3) is 0 Å². The second-order valence-corrected chi connectivity index (χ2v) is 4.53. The van der Waals surface area contributed by atoms with Crippen molar-refractivity contribution < 1.29 is 9.53 Å². The highest BCUT2D eigenvalue weighted by Crippen LogP contribution is 2.28. The third kappa shape index (κ3) is 3.03. The molecule has 0 saturated carbocycles. The van der Waals surface area contributed by atoms with Gasteiger partial charge in [0.15, 0.2) is 6.29 Å². The molecule has 2 nitrogen and oxygen atoms in total. The van der Waals surface area contributed by atoms with Crippen LogP contribution in [0.3, 0.4) is 0 Å². The average molecular weight is 281 g/mol. The Hall–Kier alpha value is -1.51. The van der Waals surface area contributed by atoms with E-state index in [1.165, 1.54) is 0 Å². The molecule has 0 heterocycles. The van der Waals surface area contributed by atoms with E-state index < -0.39 is 0 Å². The second kappa shape index (κ2) is 5.89. The number of rotatable bonds is 4. The van der Waals surface area contributed by atoms with Crippen LogP contribution in [0.2, 0.25) is 10.0 Å². The summed E-state index contributed by atoms with van der Waals surface area (Å²) in [5, 5.41) is 1.10. The van der Waals surface area contributed by atoms with E-state index in [0.29, 0.717) is 28.0 Å². The molecule has 0 aromatic heterocycles. The number of para-hydroxylation sites is 1. The summed E-state index contributed by atoms with van der Waals surface area (Å²) in [6, 6.07) is 12.4. The first-order valence-corrected chi connectivity index (χ1v) is 6.07. The van der Waals surface area contributed by atoms with Crippen molar-refractivity contribution >= 4 is 29.5 Å². The summed E-state index contributed by atoms with van der Waals surface area (Å²) in [6.07, 6.45) is 0.725. The normalized spacial score (nSPS) is 10.1. The number of ether oxygens (including phenoxy) is 1. The molecule has 0 saturated heterocycles. The minimum atomic E-state index is 0.335. The lowest BCUT2D eigenvalue weighted by atomic mass is 10.2. The minimum Gasteiger partial charge on any atom is -0.487 e. The highest BCUT2D eigenvalue weighted by atomic mass is 35.5. The van der Waals surface area contributed by atoms with Crippen molar-refractivity contribution in [2.75, 3.05) is 0 Å². The van der Waals surface area contributed by atoms with Crippen LogP contribution in [0.15, 0.2) is 42.5 Å². The first-order chi connectivity index (χ1) is 8.70. The fourth-order valence-electron chi connectivity index (χ4n) is 1.51. The molecule has 0 fully saturated rings. The maximum absolute atomic E-state index is 10.9. The van der Waals surface area contributed by atoms with Crippen molar-refractivity contribution in [2.24, 2.45) is 0 Å². The summed E-state index contributed by atoms with van der Waals surface area (Å²) in [6.45, 7) is 0.335. The number of hydrogen-bond acceptors (Lipinski definition) is 2. The molecule has 2 aromatic rings. The van der Waals surface area contributed by atoms with Gasteiger partial charge < -0.3 is 4.74 Å². The summed E-state index contributed by atoms with van der Waals surface area (Å²) < 4.78 is 5.58. The lowest BCUT2D eigenvalue weighted by Crippen LogP contribution is -1.98. The predicted octanol–water partition coefficient (Wildman–Crippen LogP) is 4.38. The van der Waals surface area contributed by atoms with Gasteiger partial charge in [-0.1, -0.05) is 41.4 Å². The zero-order chi connectivity index (χ0) is 13.0. The molecule has 0 aliphatic carbocycles. The fraction of sp³-hybridized carbons (Fsp3) is 0.0714. The van der Waals surface area contributed by atoms with Crippen molar-refractivity contribution in [3.8, 4) is 5.75 Å². The van der Waals surface area contributed by atoms with Crippen molar-refractivity contribution in [1.82, 2.24) is 0 Å². The zero-order valence-corrected chi connectivity index (χ0v) is 10.9. The largest absolute Gasteiger partial charge is 0.487 e. The van der Waals surface area contributed by atoms with Crippen LogP contribution in [-0.4, -0.2) is 6.29 Å². The molecule has 0 bridgehead atoms. The van der Waals surface area contributed by atoms with E-state index in [1.54, 1.807) is 30.3 Å². The van der Waals surface area contributed by atoms with Gasteiger partial charge in [0.1, 0.15) is 12.4 Å². The molecule has 2 rings (SSSR count). The molecule has 0 aliphatic rings. The molecule has 0 unspecified atom stereocenters. The van der Waals surface area contributed by atoms with Crippen LogP contribution < -0.4 is 4.74 Å². The first kappa shape index (κ1) is 12.9. The van der Waals surface area contributed by atoms with Crippen LogP contribution in [0.5, 0.6) is 5.75 Å². The number of benzene rings is 2. The van der Waals surface area contributed by atoms with Crippen molar-refractivity contribution in [3.63, 3.8) is 0 Å². The molecule has 0 N–H and O–H groups in total. The molecular weight excluding hydrogens is 271 g/mol. The summed E-state index contributed by atoms with van der Waals surface area (Å²) in [4.78, 5) is 10.9. The maximum Gasteiger partial charge on any atom is 0.153 e. The Balaban J connectivity index is 2.15. The summed E-state index contributed by atoms with van der Waals surface area (Å²) in [5.41, 5.74) is 1.40. The van der Waals surface area contributed by atoms with Crippen molar-refractivity contribution in [1.29, 1.82) is 0 Å².